The quantitative estimate of drug-likeness (QED) is 0.395. The Balaban J connectivity index is 1.93. The van der Waals surface area contributed by atoms with Crippen molar-refractivity contribution in [3.63, 3.8) is 0 Å². The summed E-state index contributed by atoms with van der Waals surface area (Å²) in [6.07, 6.45) is 4.50. The molecule has 0 aliphatic heterocycles. The molecule has 5 heteroatoms. The standard InChI is InChI=1S/C25H30ClN3O/c1-5-16-28-23-9-7-6-8-22(23)27-25(28)19(4)29(17-18(2)3)24(30)15-12-20-10-13-21(26)14-11-20/h6-15,18-19H,5,16-17H2,1-4H3/b15-12+. The maximum absolute atomic E-state index is 13.2. The van der Waals surface area contributed by atoms with Crippen molar-refractivity contribution in [2.45, 2.75) is 46.7 Å². The highest BCUT2D eigenvalue weighted by molar-refractivity contribution is 6.30. The number of rotatable bonds is 8. The smallest absolute Gasteiger partial charge is 0.247 e. The number of carbonyl (C=O) groups excluding carboxylic acids is 1. The summed E-state index contributed by atoms with van der Waals surface area (Å²) in [7, 11) is 0. The SMILES string of the molecule is CCCn1c(C(C)N(CC(C)C)C(=O)/C=C/c2ccc(Cl)cc2)nc2ccccc21. The zero-order chi connectivity index (χ0) is 21.7. The summed E-state index contributed by atoms with van der Waals surface area (Å²) in [5.41, 5.74) is 3.04. The number of nitrogens with zero attached hydrogens (tertiary/aromatic N) is 3. The van der Waals surface area contributed by atoms with E-state index < -0.39 is 0 Å². The van der Waals surface area contributed by atoms with Crippen molar-refractivity contribution >= 4 is 34.6 Å². The van der Waals surface area contributed by atoms with Gasteiger partial charge in [0.15, 0.2) is 0 Å². The number of para-hydroxylation sites is 2. The number of halogens is 1. The fourth-order valence-corrected chi connectivity index (χ4v) is 3.81. The molecule has 0 aliphatic rings. The number of amides is 1. The monoisotopic (exact) mass is 423 g/mol. The van der Waals surface area contributed by atoms with E-state index in [0.29, 0.717) is 17.5 Å². The number of carbonyl (C=O) groups is 1. The predicted molar refractivity (Wildman–Crippen MR) is 125 cm³/mol. The average Bonchev–Trinajstić information content (AvgIpc) is 3.10. The summed E-state index contributed by atoms with van der Waals surface area (Å²) < 4.78 is 2.25. The molecule has 0 fully saturated rings. The second kappa shape index (κ2) is 9.94. The molecule has 30 heavy (non-hydrogen) atoms. The molecule has 0 radical (unpaired) electrons. The Morgan fingerprint density at radius 1 is 1.13 bits per heavy atom. The zero-order valence-corrected chi connectivity index (χ0v) is 18.9. The number of hydrogen-bond donors (Lipinski definition) is 0. The fraction of sp³-hybridized carbons (Fsp3) is 0.360. The highest BCUT2D eigenvalue weighted by Gasteiger charge is 2.25. The molecule has 3 rings (SSSR count). The molecule has 4 nitrogen and oxygen atoms in total. The molecule has 1 heterocycles. The molecule has 1 atom stereocenters. The highest BCUT2D eigenvalue weighted by atomic mass is 35.5. The molecule has 0 saturated heterocycles. The van der Waals surface area contributed by atoms with Crippen LogP contribution >= 0.6 is 11.6 Å². The van der Waals surface area contributed by atoms with Gasteiger partial charge in [-0.25, -0.2) is 4.98 Å². The predicted octanol–water partition coefficient (Wildman–Crippen LogP) is 6.36. The largest absolute Gasteiger partial charge is 0.329 e. The lowest BCUT2D eigenvalue weighted by atomic mass is 10.1. The highest BCUT2D eigenvalue weighted by Crippen LogP contribution is 2.26. The topological polar surface area (TPSA) is 38.1 Å². The van der Waals surface area contributed by atoms with E-state index >= 15 is 0 Å². The maximum Gasteiger partial charge on any atom is 0.247 e. The van der Waals surface area contributed by atoms with Crippen molar-refractivity contribution < 1.29 is 4.79 Å². The fourth-order valence-electron chi connectivity index (χ4n) is 3.68. The summed E-state index contributed by atoms with van der Waals surface area (Å²) in [6, 6.07) is 15.5. The van der Waals surface area contributed by atoms with E-state index in [1.807, 2.05) is 53.4 Å². The number of fused-ring (bicyclic) bond motifs is 1. The first-order chi connectivity index (χ1) is 14.4. The molecule has 0 bridgehead atoms. The van der Waals surface area contributed by atoms with E-state index in [4.69, 9.17) is 16.6 Å². The summed E-state index contributed by atoms with van der Waals surface area (Å²) in [5.74, 6) is 1.28. The minimum absolute atomic E-state index is 0.0127. The van der Waals surface area contributed by atoms with E-state index in [0.717, 1.165) is 35.4 Å². The molecule has 0 aliphatic carbocycles. The third-order valence-electron chi connectivity index (χ3n) is 5.11. The van der Waals surface area contributed by atoms with E-state index in [1.165, 1.54) is 0 Å². The Hall–Kier alpha value is -2.59. The van der Waals surface area contributed by atoms with Gasteiger partial charge in [0.05, 0.1) is 17.1 Å². The molecular formula is C25H30ClN3O. The second-order valence-electron chi connectivity index (χ2n) is 8.06. The van der Waals surface area contributed by atoms with Gasteiger partial charge in [0.2, 0.25) is 5.91 Å². The van der Waals surface area contributed by atoms with Crippen LogP contribution in [0.4, 0.5) is 0 Å². The Morgan fingerprint density at radius 2 is 1.83 bits per heavy atom. The molecule has 0 saturated carbocycles. The van der Waals surface area contributed by atoms with Crippen molar-refractivity contribution in [1.82, 2.24) is 14.5 Å². The van der Waals surface area contributed by atoms with Crippen molar-refractivity contribution in [2.75, 3.05) is 6.54 Å². The molecule has 1 unspecified atom stereocenters. The van der Waals surface area contributed by atoms with Crippen LogP contribution in [0.2, 0.25) is 5.02 Å². The summed E-state index contributed by atoms with van der Waals surface area (Å²) in [5, 5.41) is 0.684. The Labute approximate surface area is 184 Å². The van der Waals surface area contributed by atoms with Crippen LogP contribution in [-0.2, 0) is 11.3 Å². The number of benzene rings is 2. The van der Waals surface area contributed by atoms with E-state index in [2.05, 4.69) is 38.3 Å². The molecule has 0 spiro atoms. The van der Waals surface area contributed by atoms with Crippen LogP contribution in [0.5, 0.6) is 0 Å². The lowest BCUT2D eigenvalue weighted by Gasteiger charge is -2.30. The second-order valence-corrected chi connectivity index (χ2v) is 8.49. The molecule has 3 aromatic rings. The number of hydrogen-bond acceptors (Lipinski definition) is 2. The van der Waals surface area contributed by atoms with Crippen molar-refractivity contribution in [3.05, 3.63) is 71.0 Å². The van der Waals surface area contributed by atoms with Gasteiger partial charge in [-0.3, -0.25) is 4.79 Å². The van der Waals surface area contributed by atoms with Gasteiger partial charge >= 0.3 is 0 Å². The van der Waals surface area contributed by atoms with Crippen LogP contribution in [0.1, 0.15) is 51.5 Å². The van der Waals surface area contributed by atoms with Crippen LogP contribution in [0.3, 0.4) is 0 Å². The Kier molecular flexibility index (Phi) is 7.33. The third kappa shape index (κ3) is 5.11. The summed E-state index contributed by atoms with van der Waals surface area (Å²) in [6.45, 7) is 10.0. The summed E-state index contributed by atoms with van der Waals surface area (Å²) in [4.78, 5) is 20.0. The number of aromatic nitrogens is 2. The van der Waals surface area contributed by atoms with E-state index in [-0.39, 0.29) is 11.9 Å². The number of aryl methyl sites for hydroxylation is 1. The van der Waals surface area contributed by atoms with Gasteiger partial charge in [-0.2, -0.15) is 0 Å². The average molecular weight is 424 g/mol. The van der Waals surface area contributed by atoms with Crippen molar-refractivity contribution in [1.29, 1.82) is 0 Å². The van der Waals surface area contributed by atoms with Crippen LogP contribution in [0.25, 0.3) is 17.1 Å². The maximum atomic E-state index is 13.2. The van der Waals surface area contributed by atoms with Crippen LogP contribution in [-0.4, -0.2) is 26.9 Å². The normalized spacial score (nSPS) is 12.7. The lowest BCUT2D eigenvalue weighted by Crippen LogP contribution is -2.36. The van der Waals surface area contributed by atoms with Gasteiger partial charge in [0, 0.05) is 24.2 Å². The van der Waals surface area contributed by atoms with Gasteiger partial charge < -0.3 is 9.47 Å². The van der Waals surface area contributed by atoms with Crippen molar-refractivity contribution in [2.24, 2.45) is 5.92 Å². The van der Waals surface area contributed by atoms with Crippen LogP contribution in [0, 0.1) is 5.92 Å². The Bertz CT molecular complexity index is 1020. The molecular weight excluding hydrogens is 394 g/mol. The van der Waals surface area contributed by atoms with Gasteiger partial charge in [-0.15, -0.1) is 0 Å². The van der Waals surface area contributed by atoms with Crippen molar-refractivity contribution in [3.8, 4) is 0 Å². The third-order valence-corrected chi connectivity index (χ3v) is 5.36. The molecule has 0 N–H and O–H groups in total. The summed E-state index contributed by atoms with van der Waals surface area (Å²) >= 11 is 5.96. The van der Waals surface area contributed by atoms with Gasteiger partial charge in [0.25, 0.3) is 0 Å². The molecule has 158 valence electrons. The first-order valence-electron chi connectivity index (χ1n) is 10.6. The van der Waals surface area contributed by atoms with Gasteiger partial charge in [-0.05, 0) is 55.2 Å². The zero-order valence-electron chi connectivity index (χ0n) is 18.2. The van der Waals surface area contributed by atoms with Crippen LogP contribution < -0.4 is 0 Å². The van der Waals surface area contributed by atoms with Gasteiger partial charge in [0.1, 0.15) is 5.82 Å². The first kappa shape index (κ1) is 22.1. The minimum atomic E-state index is -0.131. The first-order valence-corrected chi connectivity index (χ1v) is 11.0. The molecule has 2 aromatic carbocycles. The molecule has 1 amide bonds. The number of imidazole rings is 1. The Morgan fingerprint density at radius 3 is 2.50 bits per heavy atom. The molecule has 1 aromatic heterocycles. The minimum Gasteiger partial charge on any atom is -0.329 e. The van der Waals surface area contributed by atoms with E-state index in [9.17, 15) is 4.79 Å². The van der Waals surface area contributed by atoms with Crippen LogP contribution in [0.15, 0.2) is 54.6 Å². The lowest BCUT2D eigenvalue weighted by molar-refractivity contribution is -0.128. The van der Waals surface area contributed by atoms with E-state index in [1.54, 1.807) is 6.08 Å². The van der Waals surface area contributed by atoms with Gasteiger partial charge in [-0.1, -0.05) is 56.6 Å².